The third-order valence-electron chi connectivity index (χ3n) is 6.91. The minimum Gasteiger partial charge on any atom is -0.383 e. The molecular weight excluding hydrogens is 447 g/mol. The summed E-state index contributed by atoms with van der Waals surface area (Å²) in [5.41, 5.74) is 3.34. The predicted molar refractivity (Wildman–Crippen MR) is 130 cm³/mol. The number of ketones is 1. The van der Waals surface area contributed by atoms with Gasteiger partial charge in [-0.15, -0.1) is 0 Å². The maximum atomic E-state index is 14.7. The number of carbonyl (C=O) groups is 2. The Kier molecular flexibility index (Phi) is 6.44. The fourth-order valence-electron chi connectivity index (χ4n) is 4.98. The molecule has 0 radical (unpaired) electrons. The molecule has 0 unspecified atom stereocenters. The lowest BCUT2D eigenvalue weighted by Gasteiger charge is -2.31. The highest BCUT2D eigenvalue weighted by Gasteiger charge is 2.29. The Labute approximate surface area is 202 Å². The number of hydrogen-bond acceptors (Lipinski definition) is 5. The predicted octanol–water partition coefficient (Wildman–Crippen LogP) is 3.59. The average Bonchev–Trinajstić information content (AvgIpc) is 2.91. The summed E-state index contributed by atoms with van der Waals surface area (Å²) >= 11 is 0. The molecule has 2 aliphatic rings. The Morgan fingerprint density at radius 2 is 1.86 bits per heavy atom. The highest BCUT2D eigenvalue weighted by molar-refractivity contribution is 5.98. The summed E-state index contributed by atoms with van der Waals surface area (Å²) in [6, 6.07) is 13.7. The molecule has 0 atom stereocenters. The van der Waals surface area contributed by atoms with Gasteiger partial charge < -0.3 is 10.2 Å². The number of amides is 1. The number of fused-ring (bicyclic) bond motifs is 1. The van der Waals surface area contributed by atoms with E-state index in [0.717, 1.165) is 24.2 Å². The number of nitrogens with zero attached hydrogens (tertiary/aromatic N) is 2. The van der Waals surface area contributed by atoms with Gasteiger partial charge >= 0.3 is 0 Å². The van der Waals surface area contributed by atoms with Gasteiger partial charge in [0, 0.05) is 43.1 Å². The lowest BCUT2D eigenvalue weighted by atomic mass is 9.88. The van der Waals surface area contributed by atoms with E-state index in [-0.39, 0.29) is 28.7 Å². The number of hydrogen-bond donors (Lipinski definition) is 2. The monoisotopic (exact) mass is 474 g/mol. The molecule has 5 rings (SSSR count). The van der Waals surface area contributed by atoms with Crippen LogP contribution in [0.1, 0.15) is 56.8 Å². The van der Waals surface area contributed by atoms with Gasteiger partial charge in [0.25, 0.3) is 11.5 Å². The summed E-state index contributed by atoms with van der Waals surface area (Å²) in [7, 11) is 0. The van der Waals surface area contributed by atoms with Crippen LogP contribution in [-0.4, -0.2) is 46.4 Å². The zero-order valence-corrected chi connectivity index (χ0v) is 19.4. The third kappa shape index (κ3) is 4.73. The number of Topliss-reactive ketones (excluding diaryl/α,β-unsaturated/α-hetero) is 1. The molecule has 0 bridgehead atoms. The minimum atomic E-state index is -0.573. The lowest BCUT2D eigenvalue weighted by molar-refractivity contribution is 0.0646. The van der Waals surface area contributed by atoms with Gasteiger partial charge in [-0.2, -0.15) is 5.10 Å². The van der Waals surface area contributed by atoms with Crippen molar-refractivity contribution in [2.45, 2.75) is 32.1 Å². The van der Waals surface area contributed by atoms with Crippen molar-refractivity contribution in [2.75, 3.05) is 25.0 Å². The van der Waals surface area contributed by atoms with Gasteiger partial charge in [-0.3, -0.25) is 14.4 Å². The SMILES string of the molecule is O=C(c1ccccc1)C1CCN(C(=O)c2cc(Cc3n[nH]c(=O)c4c3NCCC4)ccc2F)CC1. The summed E-state index contributed by atoms with van der Waals surface area (Å²) in [5.74, 6) is -0.987. The molecule has 35 heavy (non-hydrogen) atoms. The molecule has 1 fully saturated rings. The molecule has 0 saturated carbocycles. The standard InChI is InChI=1S/C27H27FN4O3/c28-22-9-8-17(16-23-24-20(7-4-12-29-24)26(34)31-30-23)15-21(22)27(35)32-13-10-19(11-14-32)25(33)18-5-2-1-3-6-18/h1-3,5-6,8-9,15,19,29H,4,7,10-14,16H2,(H,31,34). The molecule has 1 saturated heterocycles. The Bertz CT molecular complexity index is 1310. The molecule has 8 heteroatoms. The van der Waals surface area contributed by atoms with Gasteiger partial charge in [-0.1, -0.05) is 36.4 Å². The number of halogens is 1. The van der Waals surface area contributed by atoms with Crippen LogP contribution in [0.25, 0.3) is 0 Å². The number of rotatable bonds is 5. The summed E-state index contributed by atoms with van der Waals surface area (Å²) in [6.45, 7) is 1.58. The minimum absolute atomic E-state index is 0.0154. The van der Waals surface area contributed by atoms with Crippen molar-refractivity contribution < 1.29 is 14.0 Å². The van der Waals surface area contributed by atoms with Crippen LogP contribution >= 0.6 is 0 Å². The molecule has 7 nitrogen and oxygen atoms in total. The Hall–Kier alpha value is -3.81. The van der Waals surface area contributed by atoms with E-state index in [4.69, 9.17) is 0 Å². The summed E-state index contributed by atoms with van der Waals surface area (Å²) in [5, 5.41) is 10.0. The number of benzene rings is 2. The molecule has 180 valence electrons. The molecule has 3 heterocycles. The van der Waals surface area contributed by atoms with Gasteiger partial charge in [0.15, 0.2) is 5.78 Å². The molecule has 1 aromatic heterocycles. The van der Waals surface area contributed by atoms with Gasteiger partial charge in [-0.25, -0.2) is 9.49 Å². The fraction of sp³-hybridized carbons (Fsp3) is 0.333. The Balaban J connectivity index is 1.29. The molecule has 2 N–H and O–H groups in total. The molecule has 3 aromatic rings. The molecule has 2 aliphatic heterocycles. The summed E-state index contributed by atoms with van der Waals surface area (Å²) in [4.78, 5) is 39.6. The van der Waals surface area contributed by atoms with E-state index in [2.05, 4.69) is 15.5 Å². The van der Waals surface area contributed by atoms with Gasteiger partial charge in [0.1, 0.15) is 5.82 Å². The number of likely N-dealkylation sites (tertiary alicyclic amines) is 1. The van der Waals surface area contributed by atoms with E-state index >= 15 is 0 Å². The number of anilines is 1. The van der Waals surface area contributed by atoms with Crippen molar-refractivity contribution in [1.29, 1.82) is 0 Å². The maximum absolute atomic E-state index is 14.7. The molecular formula is C27H27FN4O3. The zero-order chi connectivity index (χ0) is 24.4. The van der Waals surface area contributed by atoms with Crippen LogP contribution in [0.5, 0.6) is 0 Å². The number of carbonyl (C=O) groups excluding carboxylic acids is 2. The van der Waals surface area contributed by atoms with Crippen molar-refractivity contribution in [2.24, 2.45) is 5.92 Å². The van der Waals surface area contributed by atoms with Crippen LogP contribution in [0.3, 0.4) is 0 Å². The number of nitrogens with one attached hydrogen (secondary N) is 2. The molecule has 0 spiro atoms. The smallest absolute Gasteiger partial charge is 0.269 e. The quantitative estimate of drug-likeness (QED) is 0.551. The molecule has 0 aliphatic carbocycles. The van der Waals surface area contributed by atoms with Crippen molar-refractivity contribution in [3.8, 4) is 0 Å². The highest BCUT2D eigenvalue weighted by Crippen LogP contribution is 2.26. The Morgan fingerprint density at radius 3 is 2.63 bits per heavy atom. The van der Waals surface area contributed by atoms with E-state index in [1.54, 1.807) is 17.0 Å². The zero-order valence-electron chi connectivity index (χ0n) is 19.4. The summed E-state index contributed by atoms with van der Waals surface area (Å²) in [6.07, 6.45) is 3.03. The van der Waals surface area contributed by atoms with Gasteiger partial charge in [0.2, 0.25) is 0 Å². The molecule has 2 aromatic carbocycles. The largest absolute Gasteiger partial charge is 0.383 e. The van der Waals surface area contributed by atoms with Crippen molar-refractivity contribution in [3.05, 3.63) is 92.6 Å². The van der Waals surface area contributed by atoms with Gasteiger partial charge in [0.05, 0.1) is 16.9 Å². The maximum Gasteiger partial charge on any atom is 0.269 e. The number of piperidine rings is 1. The second kappa shape index (κ2) is 9.82. The van der Waals surface area contributed by atoms with E-state index < -0.39 is 5.82 Å². The van der Waals surface area contributed by atoms with Crippen LogP contribution in [-0.2, 0) is 12.8 Å². The van der Waals surface area contributed by atoms with Crippen LogP contribution in [0.4, 0.5) is 10.1 Å². The van der Waals surface area contributed by atoms with E-state index in [0.29, 0.717) is 55.6 Å². The van der Waals surface area contributed by atoms with Crippen molar-refractivity contribution >= 4 is 17.4 Å². The number of aromatic nitrogens is 2. The number of aromatic amines is 1. The average molecular weight is 475 g/mol. The third-order valence-corrected chi connectivity index (χ3v) is 6.91. The second-order valence-electron chi connectivity index (χ2n) is 9.17. The fourth-order valence-corrected chi connectivity index (χ4v) is 4.98. The topological polar surface area (TPSA) is 95.2 Å². The summed E-state index contributed by atoms with van der Waals surface area (Å²) < 4.78 is 14.7. The Morgan fingerprint density at radius 1 is 1.09 bits per heavy atom. The second-order valence-corrected chi connectivity index (χ2v) is 9.17. The molecule has 1 amide bonds. The van der Waals surface area contributed by atoms with Crippen molar-refractivity contribution in [1.82, 2.24) is 15.1 Å². The van der Waals surface area contributed by atoms with Gasteiger partial charge in [-0.05, 0) is 43.4 Å². The van der Waals surface area contributed by atoms with Crippen LogP contribution in [0, 0.1) is 11.7 Å². The van der Waals surface area contributed by atoms with Crippen LogP contribution < -0.4 is 10.9 Å². The van der Waals surface area contributed by atoms with E-state index in [9.17, 15) is 18.8 Å². The first-order valence-electron chi connectivity index (χ1n) is 12.0. The van der Waals surface area contributed by atoms with E-state index in [1.807, 2.05) is 30.3 Å². The normalized spacial score (nSPS) is 15.9. The number of H-pyrrole nitrogens is 1. The van der Waals surface area contributed by atoms with Crippen molar-refractivity contribution in [3.63, 3.8) is 0 Å². The first-order chi connectivity index (χ1) is 17.0. The first-order valence-corrected chi connectivity index (χ1v) is 12.0. The van der Waals surface area contributed by atoms with Crippen LogP contribution in [0.15, 0.2) is 53.3 Å². The van der Waals surface area contributed by atoms with E-state index in [1.165, 1.54) is 6.07 Å². The highest BCUT2D eigenvalue weighted by atomic mass is 19.1. The first kappa shape index (κ1) is 23.0. The lowest BCUT2D eigenvalue weighted by Crippen LogP contribution is -2.40. The van der Waals surface area contributed by atoms with Crippen LogP contribution in [0.2, 0.25) is 0 Å².